The number of sulfonamides is 1. The van der Waals surface area contributed by atoms with Gasteiger partial charge in [-0.2, -0.15) is 0 Å². The van der Waals surface area contributed by atoms with Crippen molar-refractivity contribution in [1.29, 1.82) is 0 Å². The van der Waals surface area contributed by atoms with E-state index in [4.69, 9.17) is 10.5 Å². The third kappa shape index (κ3) is 6.56. The van der Waals surface area contributed by atoms with Crippen LogP contribution < -0.4 is 10.5 Å². The third-order valence-electron chi connectivity index (χ3n) is 3.25. The molecule has 3 N–H and O–H groups in total. The molecular weight excluding hydrogens is 288 g/mol. The van der Waals surface area contributed by atoms with E-state index in [2.05, 4.69) is 18.6 Å². The zero-order valence-corrected chi connectivity index (χ0v) is 13.8. The third-order valence-corrected chi connectivity index (χ3v) is 4.57. The summed E-state index contributed by atoms with van der Waals surface area (Å²) >= 11 is 0. The molecule has 0 aliphatic heterocycles. The van der Waals surface area contributed by atoms with Crippen molar-refractivity contribution in [1.82, 2.24) is 4.72 Å². The smallest absolute Gasteiger partial charge is 0.213 e. The van der Waals surface area contributed by atoms with Crippen molar-refractivity contribution in [3.8, 4) is 0 Å². The molecule has 5 nitrogen and oxygen atoms in total. The van der Waals surface area contributed by atoms with Gasteiger partial charge in [-0.3, -0.25) is 0 Å². The second-order valence-corrected chi connectivity index (χ2v) is 7.22. The van der Waals surface area contributed by atoms with E-state index < -0.39 is 10.0 Å². The maximum Gasteiger partial charge on any atom is 0.213 e. The molecule has 0 heterocycles. The molecule has 21 heavy (non-hydrogen) atoms. The zero-order chi connectivity index (χ0) is 15.9. The summed E-state index contributed by atoms with van der Waals surface area (Å²) in [5, 5.41) is 0. The van der Waals surface area contributed by atoms with E-state index in [1.807, 2.05) is 31.2 Å². The predicted octanol–water partition coefficient (Wildman–Crippen LogP) is 1.77. The van der Waals surface area contributed by atoms with E-state index in [1.165, 1.54) is 5.56 Å². The topological polar surface area (TPSA) is 81.4 Å². The molecule has 0 fully saturated rings. The highest BCUT2D eigenvalue weighted by molar-refractivity contribution is 7.89. The van der Waals surface area contributed by atoms with Crippen molar-refractivity contribution in [3.63, 3.8) is 0 Å². The molecule has 0 bridgehead atoms. The first-order valence-electron chi connectivity index (χ1n) is 7.26. The Morgan fingerprint density at radius 1 is 1.19 bits per heavy atom. The maximum absolute atomic E-state index is 11.7. The average molecular weight is 314 g/mol. The summed E-state index contributed by atoms with van der Waals surface area (Å²) in [6.07, 6.45) is 0. The highest BCUT2D eigenvalue weighted by Crippen LogP contribution is 2.17. The van der Waals surface area contributed by atoms with Gasteiger partial charge in [0.15, 0.2) is 0 Å². The number of rotatable bonds is 9. The lowest BCUT2D eigenvalue weighted by Crippen LogP contribution is -2.34. The van der Waals surface area contributed by atoms with Crippen LogP contribution in [-0.4, -0.2) is 33.9 Å². The van der Waals surface area contributed by atoms with Gasteiger partial charge in [0.2, 0.25) is 10.0 Å². The zero-order valence-electron chi connectivity index (χ0n) is 13.0. The summed E-state index contributed by atoms with van der Waals surface area (Å²) < 4.78 is 31.0. The summed E-state index contributed by atoms with van der Waals surface area (Å²) in [7, 11) is -3.33. The van der Waals surface area contributed by atoms with Crippen LogP contribution in [-0.2, 0) is 14.8 Å². The standard InChI is InChI=1S/C15H26N2O3S/c1-4-20-9-10-21(18,19)17-11-15(16)14-7-5-13(6-8-14)12(2)3/h5-8,12,15,17H,4,9-11,16H2,1-3H3. The molecule has 0 saturated heterocycles. The Labute approximate surface area is 127 Å². The fourth-order valence-corrected chi connectivity index (χ4v) is 2.76. The van der Waals surface area contributed by atoms with E-state index in [0.717, 1.165) is 5.56 Å². The van der Waals surface area contributed by atoms with Crippen LogP contribution in [0, 0.1) is 0 Å². The minimum absolute atomic E-state index is 0.0418. The number of benzene rings is 1. The Hall–Kier alpha value is -0.950. The van der Waals surface area contributed by atoms with Crippen LogP contribution >= 0.6 is 0 Å². The molecule has 1 aromatic rings. The van der Waals surface area contributed by atoms with Gasteiger partial charge in [-0.25, -0.2) is 13.1 Å². The van der Waals surface area contributed by atoms with E-state index in [0.29, 0.717) is 12.5 Å². The Bertz CT molecular complexity index is 512. The van der Waals surface area contributed by atoms with Gasteiger partial charge in [-0.15, -0.1) is 0 Å². The molecule has 0 amide bonds. The van der Waals surface area contributed by atoms with E-state index in [-0.39, 0.29) is 24.9 Å². The molecule has 0 spiro atoms. The van der Waals surface area contributed by atoms with Crippen molar-refractivity contribution in [3.05, 3.63) is 35.4 Å². The van der Waals surface area contributed by atoms with Gasteiger partial charge >= 0.3 is 0 Å². The van der Waals surface area contributed by atoms with Crippen molar-refractivity contribution in [2.45, 2.75) is 32.7 Å². The van der Waals surface area contributed by atoms with Crippen molar-refractivity contribution >= 4 is 10.0 Å². The number of ether oxygens (including phenoxy) is 1. The number of hydrogen-bond donors (Lipinski definition) is 2. The first kappa shape index (κ1) is 18.1. The van der Waals surface area contributed by atoms with Crippen molar-refractivity contribution in [2.24, 2.45) is 5.73 Å². The van der Waals surface area contributed by atoms with Crippen LogP contribution in [0.15, 0.2) is 24.3 Å². The quantitative estimate of drug-likeness (QED) is 0.681. The van der Waals surface area contributed by atoms with Crippen molar-refractivity contribution < 1.29 is 13.2 Å². The molecule has 1 aromatic carbocycles. The molecule has 0 aromatic heterocycles. The monoisotopic (exact) mass is 314 g/mol. The normalized spacial score (nSPS) is 13.6. The summed E-state index contributed by atoms with van der Waals surface area (Å²) in [5.74, 6) is 0.423. The average Bonchev–Trinajstić information content (AvgIpc) is 2.45. The van der Waals surface area contributed by atoms with Crippen LogP contribution in [0.5, 0.6) is 0 Å². The molecule has 1 rings (SSSR count). The van der Waals surface area contributed by atoms with Gasteiger partial charge in [0.05, 0.1) is 12.4 Å². The summed E-state index contributed by atoms with van der Waals surface area (Å²) in [6.45, 7) is 6.98. The van der Waals surface area contributed by atoms with Gasteiger partial charge in [-0.1, -0.05) is 38.1 Å². The van der Waals surface area contributed by atoms with Crippen molar-refractivity contribution in [2.75, 3.05) is 25.5 Å². The Morgan fingerprint density at radius 2 is 1.76 bits per heavy atom. The highest BCUT2D eigenvalue weighted by Gasteiger charge is 2.13. The predicted molar refractivity (Wildman–Crippen MR) is 85.7 cm³/mol. The summed E-state index contributed by atoms with van der Waals surface area (Å²) in [5.41, 5.74) is 8.19. The lowest BCUT2D eigenvalue weighted by Gasteiger charge is -2.15. The fraction of sp³-hybridized carbons (Fsp3) is 0.600. The summed E-state index contributed by atoms with van der Waals surface area (Å²) in [6, 6.07) is 7.61. The first-order valence-corrected chi connectivity index (χ1v) is 8.91. The van der Waals surface area contributed by atoms with Gasteiger partial charge in [0.1, 0.15) is 0 Å². The molecule has 1 unspecified atom stereocenters. The molecule has 1 atom stereocenters. The molecular formula is C15H26N2O3S. The molecule has 120 valence electrons. The molecule has 6 heteroatoms. The Morgan fingerprint density at radius 3 is 2.29 bits per heavy atom. The Kier molecular flexibility index (Phi) is 7.31. The van der Waals surface area contributed by atoms with Gasteiger partial charge in [-0.05, 0) is 24.0 Å². The molecule has 0 aliphatic carbocycles. The van der Waals surface area contributed by atoms with Gasteiger partial charge in [0.25, 0.3) is 0 Å². The minimum atomic E-state index is -3.33. The highest BCUT2D eigenvalue weighted by atomic mass is 32.2. The van der Waals surface area contributed by atoms with E-state index in [9.17, 15) is 8.42 Å². The Balaban J connectivity index is 2.51. The van der Waals surface area contributed by atoms with Crippen LogP contribution in [0.3, 0.4) is 0 Å². The van der Waals surface area contributed by atoms with Gasteiger partial charge in [0, 0.05) is 19.2 Å². The fourth-order valence-electron chi connectivity index (χ4n) is 1.85. The van der Waals surface area contributed by atoms with Gasteiger partial charge < -0.3 is 10.5 Å². The number of nitrogens with two attached hydrogens (primary N) is 1. The first-order chi connectivity index (χ1) is 9.85. The second kappa shape index (κ2) is 8.48. The van der Waals surface area contributed by atoms with Crippen LogP contribution in [0.4, 0.5) is 0 Å². The minimum Gasteiger partial charge on any atom is -0.381 e. The lowest BCUT2D eigenvalue weighted by molar-refractivity contribution is 0.163. The van der Waals surface area contributed by atoms with Crippen LogP contribution in [0.2, 0.25) is 0 Å². The van der Waals surface area contributed by atoms with E-state index in [1.54, 1.807) is 0 Å². The lowest BCUT2D eigenvalue weighted by atomic mass is 9.99. The van der Waals surface area contributed by atoms with E-state index >= 15 is 0 Å². The summed E-state index contributed by atoms with van der Waals surface area (Å²) in [4.78, 5) is 0. The number of nitrogens with one attached hydrogen (secondary N) is 1. The number of hydrogen-bond acceptors (Lipinski definition) is 4. The van der Waals surface area contributed by atoms with Crippen LogP contribution in [0.25, 0.3) is 0 Å². The molecule has 0 radical (unpaired) electrons. The molecule has 0 saturated carbocycles. The molecule has 0 aliphatic rings. The second-order valence-electron chi connectivity index (χ2n) is 5.29. The largest absolute Gasteiger partial charge is 0.381 e. The van der Waals surface area contributed by atoms with Crippen LogP contribution in [0.1, 0.15) is 43.9 Å². The maximum atomic E-state index is 11.7. The SMILES string of the molecule is CCOCCS(=O)(=O)NCC(N)c1ccc(C(C)C)cc1.